The van der Waals surface area contributed by atoms with E-state index in [9.17, 15) is 14.4 Å². The van der Waals surface area contributed by atoms with Gasteiger partial charge in [-0.3, -0.25) is 14.6 Å². The van der Waals surface area contributed by atoms with Crippen LogP contribution in [0.2, 0.25) is 0 Å². The Kier molecular flexibility index (Phi) is 3.92. The molecule has 1 aromatic carbocycles. The number of H-pyrrole nitrogens is 1. The first-order valence-corrected chi connectivity index (χ1v) is 11.2. The molecule has 7 heteroatoms. The van der Waals surface area contributed by atoms with E-state index in [1.807, 2.05) is 4.90 Å². The second kappa shape index (κ2) is 6.46. The number of benzene rings is 1. The zero-order valence-electron chi connectivity index (χ0n) is 17.0. The molecule has 1 unspecified atom stereocenters. The second-order valence-corrected chi connectivity index (χ2v) is 10.1. The van der Waals surface area contributed by atoms with E-state index in [1.54, 1.807) is 18.2 Å². The van der Waals surface area contributed by atoms with E-state index in [0.717, 1.165) is 25.7 Å². The van der Waals surface area contributed by atoms with Crippen molar-refractivity contribution in [3.8, 4) is 0 Å². The van der Waals surface area contributed by atoms with Gasteiger partial charge in [0, 0.05) is 12.2 Å². The molecule has 1 atom stereocenters. The molecule has 5 aliphatic rings. The molecule has 4 saturated carbocycles. The van der Waals surface area contributed by atoms with Gasteiger partial charge in [-0.2, -0.15) is 0 Å². The van der Waals surface area contributed by atoms with Gasteiger partial charge in [0.1, 0.15) is 6.04 Å². The smallest absolute Gasteiger partial charge is 0.408 e. The third-order valence-corrected chi connectivity index (χ3v) is 7.99. The highest BCUT2D eigenvalue weighted by Crippen LogP contribution is 2.60. The Morgan fingerprint density at radius 3 is 2.50 bits per heavy atom. The number of hydrogen-bond acceptors (Lipinski definition) is 4. The summed E-state index contributed by atoms with van der Waals surface area (Å²) in [6.45, 7) is 0.673. The number of likely N-dealkylation sites (tertiary alicyclic amines) is 1. The lowest BCUT2D eigenvalue weighted by Crippen LogP contribution is -2.56. The minimum atomic E-state index is -0.517. The Labute approximate surface area is 174 Å². The predicted octanol–water partition coefficient (Wildman–Crippen LogP) is 3.27. The normalized spacial score (nSPS) is 34.6. The number of aromatic nitrogens is 1. The summed E-state index contributed by atoms with van der Waals surface area (Å²) in [5.41, 5.74) is 1.38. The molecule has 4 bridgehead atoms. The summed E-state index contributed by atoms with van der Waals surface area (Å²) >= 11 is 0. The number of amides is 2. The molecule has 0 spiro atoms. The lowest BCUT2D eigenvalue weighted by atomic mass is 9.49. The summed E-state index contributed by atoms with van der Waals surface area (Å²) in [5.74, 6) is 1.69. The molecular formula is C23H27N3O4. The zero-order chi connectivity index (χ0) is 20.5. The number of aromatic amines is 1. The van der Waals surface area contributed by atoms with Gasteiger partial charge in [0.05, 0.1) is 10.9 Å². The predicted molar refractivity (Wildman–Crippen MR) is 111 cm³/mol. The molecule has 2 aromatic rings. The van der Waals surface area contributed by atoms with E-state index in [-0.39, 0.29) is 17.2 Å². The number of oxazole rings is 1. The third-order valence-electron chi connectivity index (χ3n) is 7.99. The molecule has 2 heterocycles. The molecular weight excluding hydrogens is 382 g/mol. The number of nitrogens with zero attached hydrogens (tertiary/aromatic N) is 1. The number of anilines is 1. The van der Waals surface area contributed by atoms with Gasteiger partial charge >= 0.3 is 5.76 Å². The Bertz CT molecular complexity index is 1050. The largest absolute Gasteiger partial charge is 0.417 e. The maximum Gasteiger partial charge on any atom is 0.417 e. The first-order chi connectivity index (χ1) is 14.5. The monoisotopic (exact) mass is 409 g/mol. The Hall–Kier alpha value is -2.57. The standard InChI is InChI=1S/C23H27N3O4/c27-20(24-16-3-4-19-17(9-16)25-22(29)30-19)18-2-1-5-26(18)21(28)23-10-13-6-14(11-23)8-15(7-13)12-23/h3-4,9,13-15,18H,1-2,5-8,10-12H2,(H,24,27)(H,25,29). The molecule has 2 amide bonds. The van der Waals surface area contributed by atoms with Crippen molar-refractivity contribution < 1.29 is 14.0 Å². The van der Waals surface area contributed by atoms with Crippen LogP contribution < -0.4 is 11.1 Å². The van der Waals surface area contributed by atoms with Gasteiger partial charge in [0.15, 0.2) is 5.58 Å². The van der Waals surface area contributed by atoms with Crippen LogP contribution in [0.15, 0.2) is 27.4 Å². The van der Waals surface area contributed by atoms with Gasteiger partial charge in [-0.1, -0.05) is 0 Å². The molecule has 158 valence electrons. The molecule has 1 aliphatic heterocycles. The number of hydrogen-bond donors (Lipinski definition) is 2. The van der Waals surface area contributed by atoms with E-state index < -0.39 is 11.8 Å². The summed E-state index contributed by atoms with van der Waals surface area (Å²) in [4.78, 5) is 42.7. The van der Waals surface area contributed by atoms with Gasteiger partial charge in [-0.25, -0.2) is 4.79 Å². The lowest BCUT2D eigenvalue weighted by molar-refractivity contribution is -0.160. The molecule has 0 radical (unpaired) electrons. The van der Waals surface area contributed by atoms with Gasteiger partial charge in [0.25, 0.3) is 0 Å². The lowest BCUT2D eigenvalue weighted by Gasteiger charge is -2.56. The minimum Gasteiger partial charge on any atom is -0.408 e. The highest BCUT2D eigenvalue weighted by atomic mass is 16.4. The average Bonchev–Trinajstić information content (AvgIpc) is 3.31. The molecule has 30 heavy (non-hydrogen) atoms. The maximum absolute atomic E-state index is 13.7. The van der Waals surface area contributed by atoms with Gasteiger partial charge in [-0.15, -0.1) is 0 Å². The number of carbonyl (C=O) groups is 2. The molecule has 5 fully saturated rings. The van der Waals surface area contributed by atoms with Crippen molar-refractivity contribution in [3.05, 3.63) is 28.7 Å². The number of nitrogens with one attached hydrogen (secondary N) is 2. The van der Waals surface area contributed by atoms with Crippen LogP contribution in [0.1, 0.15) is 51.4 Å². The van der Waals surface area contributed by atoms with Crippen molar-refractivity contribution in [1.82, 2.24) is 9.88 Å². The summed E-state index contributed by atoms with van der Waals surface area (Å²) < 4.78 is 5.02. The molecule has 2 N–H and O–H groups in total. The van der Waals surface area contributed by atoms with E-state index in [2.05, 4.69) is 10.3 Å². The first kappa shape index (κ1) is 18.2. The molecule has 7 rings (SSSR count). The van der Waals surface area contributed by atoms with Crippen molar-refractivity contribution in [3.63, 3.8) is 0 Å². The topological polar surface area (TPSA) is 95.4 Å². The zero-order valence-corrected chi connectivity index (χ0v) is 17.0. The maximum atomic E-state index is 13.7. The molecule has 1 aromatic heterocycles. The van der Waals surface area contributed by atoms with Crippen LogP contribution in [-0.4, -0.2) is 34.3 Å². The molecule has 7 nitrogen and oxygen atoms in total. The van der Waals surface area contributed by atoms with E-state index in [0.29, 0.717) is 47.5 Å². The summed E-state index contributed by atoms with van der Waals surface area (Å²) in [5, 5.41) is 2.95. The summed E-state index contributed by atoms with van der Waals surface area (Å²) in [6, 6.07) is 4.66. The van der Waals surface area contributed by atoms with Crippen molar-refractivity contribution in [2.45, 2.75) is 57.4 Å². The Balaban J connectivity index is 1.21. The SMILES string of the molecule is O=C(Nc1ccc2oc(=O)[nH]c2c1)C1CCCN1C(=O)C12CC3CC(CC(C3)C1)C2. The van der Waals surface area contributed by atoms with Crippen LogP contribution in [0.25, 0.3) is 11.1 Å². The van der Waals surface area contributed by atoms with E-state index >= 15 is 0 Å². The fraction of sp³-hybridized carbons (Fsp3) is 0.609. The minimum absolute atomic E-state index is 0.143. The van der Waals surface area contributed by atoms with Crippen molar-refractivity contribution in [2.75, 3.05) is 11.9 Å². The van der Waals surface area contributed by atoms with Crippen molar-refractivity contribution >= 4 is 28.6 Å². The fourth-order valence-electron chi connectivity index (χ4n) is 7.21. The summed E-state index contributed by atoms with van der Waals surface area (Å²) in [6.07, 6.45) is 8.53. The summed E-state index contributed by atoms with van der Waals surface area (Å²) in [7, 11) is 0. The first-order valence-electron chi connectivity index (χ1n) is 11.2. The second-order valence-electron chi connectivity index (χ2n) is 10.1. The van der Waals surface area contributed by atoms with Crippen LogP contribution in [0.3, 0.4) is 0 Å². The van der Waals surface area contributed by atoms with E-state index in [1.165, 1.54) is 19.3 Å². The van der Waals surface area contributed by atoms with Crippen LogP contribution in [0.5, 0.6) is 0 Å². The van der Waals surface area contributed by atoms with Gasteiger partial charge in [-0.05, 0) is 87.3 Å². The van der Waals surface area contributed by atoms with Gasteiger partial charge < -0.3 is 14.6 Å². The van der Waals surface area contributed by atoms with Crippen molar-refractivity contribution in [2.24, 2.45) is 23.2 Å². The molecule has 4 aliphatic carbocycles. The Morgan fingerprint density at radius 2 is 1.80 bits per heavy atom. The van der Waals surface area contributed by atoms with Crippen LogP contribution >= 0.6 is 0 Å². The average molecular weight is 409 g/mol. The quantitative estimate of drug-likeness (QED) is 0.813. The van der Waals surface area contributed by atoms with Crippen LogP contribution in [-0.2, 0) is 9.59 Å². The van der Waals surface area contributed by atoms with Crippen LogP contribution in [0, 0.1) is 23.2 Å². The van der Waals surface area contributed by atoms with Gasteiger partial charge in [0.2, 0.25) is 11.8 Å². The molecule has 1 saturated heterocycles. The highest BCUT2D eigenvalue weighted by Gasteiger charge is 2.56. The third kappa shape index (κ3) is 2.81. The Morgan fingerprint density at radius 1 is 1.10 bits per heavy atom. The fourth-order valence-corrected chi connectivity index (χ4v) is 7.21. The van der Waals surface area contributed by atoms with Crippen molar-refractivity contribution in [1.29, 1.82) is 0 Å². The highest BCUT2D eigenvalue weighted by molar-refractivity contribution is 5.99. The number of carbonyl (C=O) groups excluding carboxylic acids is 2. The number of rotatable bonds is 3. The van der Waals surface area contributed by atoms with E-state index in [4.69, 9.17) is 4.42 Å². The number of fused-ring (bicyclic) bond motifs is 1. The van der Waals surface area contributed by atoms with Crippen LogP contribution in [0.4, 0.5) is 5.69 Å².